The number of allylic oxidation sites excluding steroid dienone is 1. The minimum absolute atomic E-state index is 0.272. The Morgan fingerprint density at radius 1 is 1.16 bits per heavy atom. The number of morpholine rings is 1. The zero-order chi connectivity index (χ0) is 20.8. The molecule has 1 aliphatic heterocycles. The van der Waals surface area contributed by atoms with Crippen LogP contribution in [0.2, 0.25) is 0 Å². The molecule has 7 nitrogen and oxygen atoms in total. The Hall–Kier alpha value is -3.06. The minimum Gasteiger partial charge on any atom is -0.403 e. The van der Waals surface area contributed by atoms with Gasteiger partial charge in [-0.1, -0.05) is 24.2 Å². The summed E-state index contributed by atoms with van der Waals surface area (Å²) in [7, 11) is 0. The first-order valence-electron chi connectivity index (χ1n) is 11.1. The van der Waals surface area contributed by atoms with Crippen molar-refractivity contribution < 1.29 is 9.15 Å². The number of benzene rings is 1. The van der Waals surface area contributed by atoms with E-state index in [0.29, 0.717) is 31.0 Å². The molecule has 3 heterocycles. The van der Waals surface area contributed by atoms with Crippen molar-refractivity contribution in [2.24, 2.45) is 0 Å². The Morgan fingerprint density at radius 2 is 2.10 bits per heavy atom. The topological polar surface area (TPSA) is 77.2 Å². The Balaban J connectivity index is 1.30. The quantitative estimate of drug-likeness (QED) is 0.623. The van der Waals surface area contributed by atoms with Crippen LogP contribution in [0.5, 0.6) is 0 Å². The van der Waals surface area contributed by atoms with Gasteiger partial charge in [0.05, 0.1) is 36.8 Å². The summed E-state index contributed by atoms with van der Waals surface area (Å²) in [5.74, 6) is 1.13. The van der Waals surface area contributed by atoms with Crippen molar-refractivity contribution in [1.82, 2.24) is 20.2 Å². The second-order valence-electron chi connectivity index (χ2n) is 8.52. The Bertz CT molecular complexity index is 1150. The van der Waals surface area contributed by atoms with E-state index in [1.807, 2.05) is 12.4 Å². The number of rotatable bonds is 5. The SMILES string of the molecule is CC[C@@H]1COCCN1c1nnc(-c2ccc3c(c2)C(c2cncc(C4CC4)n2)=CC3)o1. The summed E-state index contributed by atoms with van der Waals surface area (Å²) in [6, 6.07) is 7.21. The van der Waals surface area contributed by atoms with Crippen molar-refractivity contribution in [2.75, 3.05) is 24.7 Å². The summed E-state index contributed by atoms with van der Waals surface area (Å²) in [6.07, 6.45) is 10.3. The molecule has 3 aromatic rings. The first-order valence-corrected chi connectivity index (χ1v) is 11.1. The minimum atomic E-state index is 0.272. The smallest absolute Gasteiger partial charge is 0.318 e. The van der Waals surface area contributed by atoms with E-state index < -0.39 is 0 Å². The van der Waals surface area contributed by atoms with Crippen LogP contribution in [0, 0.1) is 0 Å². The van der Waals surface area contributed by atoms with Gasteiger partial charge in [0.2, 0.25) is 5.89 Å². The maximum absolute atomic E-state index is 6.10. The van der Waals surface area contributed by atoms with Crippen LogP contribution in [-0.2, 0) is 11.2 Å². The van der Waals surface area contributed by atoms with Crippen molar-refractivity contribution in [1.29, 1.82) is 0 Å². The van der Waals surface area contributed by atoms with Crippen LogP contribution in [0.1, 0.15) is 54.6 Å². The second kappa shape index (κ2) is 7.57. The number of hydrogen-bond donors (Lipinski definition) is 0. The van der Waals surface area contributed by atoms with Gasteiger partial charge < -0.3 is 14.1 Å². The zero-order valence-corrected chi connectivity index (χ0v) is 17.6. The molecule has 2 fully saturated rings. The van der Waals surface area contributed by atoms with E-state index >= 15 is 0 Å². The number of ether oxygens (including phenoxy) is 1. The molecule has 0 bridgehead atoms. The summed E-state index contributed by atoms with van der Waals surface area (Å²) >= 11 is 0. The third kappa shape index (κ3) is 3.43. The van der Waals surface area contributed by atoms with Crippen LogP contribution < -0.4 is 4.90 Å². The molecule has 1 aromatic carbocycles. The molecule has 0 amide bonds. The predicted octanol–water partition coefficient (Wildman–Crippen LogP) is 4.01. The van der Waals surface area contributed by atoms with Crippen LogP contribution >= 0.6 is 0 Å². The lowest BCUT2D eigenvalue weighted by Gasteiger charge is -2.33. The average molecular weight is 415 g/mol. The fourth-order valence-corrected chi connectivity index (χ4v) is 4.48. The number of aromatic nitrogens is 4. The van der Waals surface area contributed by atoms with Gasteiger partial charge in [-0.05, 0) is 48.9 Å². The first kappa shape index (κ1) is 18.7. The third-order valence-corrected chi connectivity index (χ3v) is 6.46. The number of nitrogens with zero attached hydrogens (tertiary/aromatic N) is 5. The molecular formula is C24H25N5O2. The molecule has 3 aliphatic rings. The van der Waals surface area contributed by atoms with E-state index in [0.717, 1.165) is 41.9 Å². The maximum atomic E-state index is 6.10. The molecule has 1 saturated heterocycles. The van der Waals surface area contributed by atoms with Crippen molar-refractivity contribution in [3.05, 3.63) is 59.2 Å². The maximum Gasteiger partial charge on any atom is 0.318 e. The lowest BCUT2D eigenvalue weighted by molar-refractivity contribution is 0.0901. The molecule has 0 unspecified atom stereocenters. The highest BCUT2D eigenvalue weighted by Gasteiger charge is 2.28. The van der Waals surface area contributed by atoms with E-state index in [4.69, 9.17) is 14.1 Å². The van der Waals surface area contributed by atoms with Crippen molar-refractivity contribution >= 4 is 11.6 Å². The zero-order valence-electron chi connectivity index (χ0n) is 17.6. The Kier molecular flexibility index (Phi) is 4.56. The second-order valence-corrected chi connectivity index (χ2v) is 8.52. The fraction of sp³-hybridized carbons (Fsp3) is 0.417. The van der Waals surface area contributed by atoms with Gasteiger partial charge in [-0.3, -0.25) is 4.98 Å². The molecule has 1 saturated carbocycles. The van der Waals surface area contributed by atoms with Gasteiger partial charge in [0.1, 0.15) is 0 Å². The van der Waals surface area contributed by atoms with Gasteiger partial charge in [0.15, 0.2) is 0 Å². The summed E-state index contributed by atoms with van der Waals surface area (Å²) in [5, 5.41) is 8.69. The summed E-state index contributed by atoms with van der Waals surface area (Å²) in [4.78, 5) is 11.5. The van der Waals surface area contributed by atoms with E-state index in [1.54, 1.807) is 0 Å². The van der Waals surface area contributed by atoms with Gasteiger partial charge >= 0.3 is 6.01 Å². The van der Waals surface area contributed by atoms with Gasteiger partial charge in [-0.15, -0.1) is 5.10 Å². The van der Waals surface area contributed by atoms with Crippen LogP contribution in [0.4, 0.5) is 6.01 Å². The molecule has 158 valence electrons. The Labute approximate surface area is 181 Å². The molecular weight excluding hydrogens is 390 g/mol. The molecule has 6 rings (SSSR count). The third-order valence-electron chi connectivity index (χ3n) is 6.46. The van der Waals surface area contributed by atoms with E-state index in [1.165, 1.54) is 24.0 Å². The normalized spacial score (nSPS) is 20.6. The molecule has 1 atom stereocenters. The van der Waals surface area contributed by atoms with Crippen molar-refractivity contribution in [2.45, 2.75) is 44.6 Å². The van der Waals surface area contributed by atoms with Gasteiger partial charge in [0, 0.05) is 29.8 Å². The van der Waals surface area contributed by atoms with E-state index in [9.17, 15) is 0 Å². The van der Waals surface area contributed by atoms with Gasteiger partial charge in [0.25, 0.3) is 0 Å². The van der Waals surface area contributed by atoms with Crippen molar-refractivity contribution in [3.8, 4) is 11.5 Å². The van der Waals surface area contributed by atoms with Crippen molar-refractivity contribution in [3.63, 3.8) is 0 Å². The standard InChI is InChI=1S/C24H25N5O2/c1-2-18-14-30-10-9-29(18)24-28-27-23(31-24)17-6-3-15-7-8-19(20(15)11-17)22-13-25-12-21(26-22)16-4-5-16/h3,6,8,11-13,16,18H,2,4-5,7,9-10,14H2,1H3/t18-/m1/s1. The molecule has 7 heteroatoms. The largest absolute Gasteiger partial charge is 0.403 e. The molecule has 0 spiro atoms. The van der Waals surface area contributed by atoms with Crippen LogP contribution in [0.15, 0.2) is 41.1 Å². The first-order chi connectivity index (χ1) is 15.3. The number of anilines is 1. The average Bonchev–Trinajstić information content (AvgIpc) is 3.41. The molecule has 31 heavy (non-hydrogen) atoms. The highest BCUT2D eigenvalue weighted by Crippen LogP contribution is 2.40. The van der Waals surface area contributed by atoms with Crippen LogP contribution in [0.3, 0.4) is 0 Å². The summed E-state index contributed by atoms with van der Waals surface area (Å²) in [5.41, 5.74) is 6.60. The lowest BCUT2D eigenvalue weighted by Crippen LogP contribution is -2.45. The molecule has 2 aliphatic carbocycles. The number of hydrogen-bond acceptors (Lipinski definition) is 7. The Morgan fingerprint density at radius 3 is 2.97 bits per heavy atom. The summed E-state index contributed by atoms with van der Waals surface area (Å²) < 4.78 is 11.7. The lowest BCUT2D eigenvalue weighted by atomic mass is 10.0. The highest BCUT2D eigenvalue weighted by atomic mass is 16.5. The highest BCUT2D eigenvalue weighted by molar-refractivity contribution is 5.84. The molecule has 0 radical (unpaired) electrons. The summed E-state index contributed by atoms with van der Waals surface area (Å²) in [6.45, 7) is 4.30. The van der Waals surface area contributed by atoms with Crippen LogP contribution in [0.25, 0.3) is 17.0 Å². The monoisotopic (exact) mass is 415 g/mol. The molecule has 2 aromatic heterocycles. The van der Waals surface area contributed by atoms with Gasteiger partial charge in [-0.25, -0.2) is 4.98 Å². The van der Waals surface area contributed by atoms with Crippen LogP contribution in [-0.4, -0.2) is 46.0 Å². The van der Waals surface area contributed by atoms with E-state index in [2.05, 4.69) is 51.3 Å². The fourth-order valence-electron chi connectivity index (χ4n) is 4.48. The van der Waals surface area contributed by atoms with Gasteiger partial charge in [-0.2, -0.15) is 0 Å². The molecule has 0 N–H and O–H groups in total. The number of fused-ring (bicyclic) bond motifs is 1. The predicted molar refractivity (Wildman–Crippen MR) is 117 cm³/mol. The van der Waals surface area contributed by atoms with E-state index in [-0.39, 0.29) is 6.04 Å².